The molecular weight excluding hydrogens is 296 g/mol. The van der Waals surface area contributed by atoms with Crippen molar-refractivity contribution < 1.29 is 9.59 Å². The molecule has 0 spiro atoms. The van der Waals surface area contributed by atoms with E-state index in [9.17, 15) is 9.59 Å². The van der Waals surface area contributed by atoms with Crippen LogP contribution in [0.15, 0.2) is 29.2 Å². The summed E-state index contributed by atoms with van der Waals surface area (Å²) in [6.45, 7) is 3.44. The zero-order chi connectivity index (χ0) is 16.1. The number of hydrogen-bond donors (Lipinski definition) is 0. The highest BCUT2D eigenvalue weighted by Gasteiger charge is 2.27. The number of nitrogens with zero attached hydrogens (tertiary/aromatic N) is 2. The number of carbonyl (C=O) groups is 2. The molecule has 22 heavy (non-hydrogen) atoms. The molecule has 1 aromatic carbocycles. The Bertz CT molecular complexity index is 520. The fraction of sp³-hybridized carbons (Fsp3) is 0.529. The smallest absolute Gasteiger partial charge is 0.232 e. The maximum absolute atomic E-state index is 12.3. The van der Waals surface area contributed by atoms with E-state index in [0.717, 1.165) is 17.7 Å². The van der Waals surface area contributed by atoms with Crippen molar-refractivity contribution in [1.29, 1.82) is 0 Å². The number of piperidine rings is 1. The summed E-state index contributed by atoms with van der Waals surface area (Å²) in [5, 5.41) is 0. The Balaban J connectivity index is 1.77. The molecule has 1 aliphatic rings. The largest absolute Gasteiger partial charge is 0.349 e. The molecule has 1 heterocycles. The van der Waals surface area contributed by atoms with Gasteiger partial charge in [-0.25, -0.2) is 0 Å². The Kier molecular flexibility index (Phi) is 5.89. The average Bonchev–Trinajstić information content (AvgIpc) is 2.53. The Hall–Kier alpha value is -1.49. The molecule has 4 nitrogen and oxygen atoms in total. The minimum Gasteiger partial charge on any atom is -0.349 e. The summed E-state index contributed by atoms with van der Waals surface area (Å²) in [5.74, 6) is 0.890. The van der Waals surface area contributed by atoms with Gasteiger partial charge >= 0.3 is 0 Å². The maximum atomic E-state index is 12.3. The Labute approximate surface area is 136 Å². The fourth-order valence-electron chi connectivity index (χ4n) is 2.61. The van der Waals surface area contributed by atoms with E-state index in [1.165, 1.54) is 5.56 Å². The van der Waals surface area contributed by atoms with Crippen molar-refractivity contribution in [3.8, 4) is 0 Å². The second-order valence-electron chi connectivity index (χ2n) is 5.99. The number of carbonyl (C=O) groups excluding carboxylic acids is 2. The van der Waals surface area contributed by atoms with Gasteiger partial charge in [0.2, 0.25) is 11.8 Å². The van der Waals surface area contributed by atoms with Crippen LogP contribution < -0.4 is 0 Å². The molecule has 0 aromatic heterocycles. The standard InChI is InChI=1S/C17H24N2O2S/c1-13-4-6-15(7-5-13)22-12-16(20)19-10-8-14(9-11-19)17(21)18(2)3/h4-7,14H,8-12H2,1-3H3. The van der Waals surface area contributed by atoms with E-state index in [2.05, 4.69) is 31.2 Å². The van der Waals surface area contributed by atoms with Gasteiger partial charge in [-0.05, 0) is 31.9 Å². The molecule has 2 amide bonds. The van der Waals surface area contributed by atoms with Crippen LogP contribution in [-0.4, -0.2) is 54.6 Å². The lowest BCUT2D eigenvalue weighted by atomic mass is 9.95. The quantitative estimate of drug-likeness (QED) is 0.800. The van der Waals surface area contributed by atoms with Gasteiger partial charge in [-0.15, -0.1) is 11.8 Å². The molecule has 0 unspecified atom stereocenters. The van der Waals surface area contributed by atoms with E-state index in [1.54, 1.807) is 30.8 Å². The van der Waals surface area contributed by atoms with Crippen molar-refractivity contribution in [2.75, 3.05) is 32.9 Å². The first kappa shape index (κ1) is 16.9. The van der Waals surface area contributed by atoms with Crippen LogP contribution in [0.4, 0.5) is 0 Å². The molecule has 5 heteroatoms. The highest BCUT2D eigenvalue weighted by Crippen LogP contribution is 2.22. The molecule has 0 bridgehead atoms. The van der Waals surface area contributed by atoms with Gasteiger partial charge in [-0.2, -0.15) is 0 Å². The van der Waals surface area contributed by atoms with E-state index in [1.807, 2.05) is 4.90 Å². The number of hydrogen-bond acceptors (Lipinski definition) is 3. The van der Waals surface area contributed by atoms with Gasteiger partial charge in [0, 0.05) is 38.0 Å². The summed E-state index contributed by atoms with van der Waals surface area (Å²) in [6.07, 6.45) is 1.55. The van der Waals surface area contributed by atoms with Crippen LogP contribution in [0.5, 0.6) is 0 Å². The first-order chi connectivity index (χ1) is 10.5. The Morgan fingerprint density at radius 1 is 1.18 bits per heavy atom. The molecule has 120 valence electrons. The average molecular weight is 320 g/mol. The van der Waals surface area contributed by atoms with Gasteiger partial charge in [0.25, 0.3) is 0 Å². The number of aryl methyl sites for hydroxylation is 1. The fourth-order valence-corrected chi connectivity index (χ4v) is 3.41. The zero-order valence-electron chi connectivity index (χ0n) is 13.5. The van der Waals surface area contributed by atoms with Gasteiger partial charge in [-0.1, -0.05) is 17.7 Å². The zero-order valence-corrected chi connectivity index (χ0v) is 14.4. The number of thioether (sulfide) groups is 1. The van der Waals surface area contributed by atoms with Crippen LogP contribution in [0.1, 0.15) is 18.4 Å². The summed E-state index contributed by atoms with van der Waals surface area (Å²) in [7, 11) is 3.58. The van der Waals surface area contributed by atoms with Crippen LogP contribution in [0, 0.1) is 12.8 Å². The second kappa shape index (κ2) is 7.68. The Morgan fingerprint density at radius 3 is 2.32 bits per heavy atom. The number of benzene rings is 1. The van der Waals surface area contributed by atoms with Crippen LogP contribution in [-0.2, 0) is 9.59 Å². The van der Waals surface area contributed by atoms with Crippen LogP contribution in [0.3, 0.4) is 0 Å². The monoisotopic (exact) mass is 320 g/mol. The second-order valence-corrected chi connectivity index (χ2v) is 7.04. The van der Waals surface area contributed by atoms with Gasteiger partial charge in [0.1, 0.15) is 0 Å². The SMILES string of the molecule is Cc1ccc(SCC(=O)N2CCC(C(=O)N(C)C)CC2)cc1. The first-order valence-electron chi connectivity index (χ1n) is 7.66. The molecule has 0 atom stereocenters. The van der Waals surface area contributed by atoms with Crippen molar-refractivity contribution in [3.05, 3.63) is 29.8 Å². The minimum atomic E-state index is 0.0730. The van der Waals surface area contributed by atoms with Crippen LogP contribution in [0.25, 0.3) is 0 Å². The van der Waals surface area contributed by atoms with Crippen molar-refractivity contribution in [3.63, 3.8) is 0 Å². The Morgan fingerprint density at radius 2 is 1.77 bits per heavy atom. The highest BCUT2D eigenvalue weighted by molar-refractivity contribution is 8.00. The van der Waals surface area contributed by atoms with Crippen molar-refractivity contribution in [2.24, 2.45) is 5.92 Å². The van der Waals surface area contributed by atoms with E-state index < -0.39 is 0 Å². The number of likely N-dealkylation sites (tertiary alicyclic amines) is 1. The van der Waals surface area contributed by atoms with Crippen LogP contribution >= 0.6 is 11.8 Å². The van der Waals surface area contributed by atoms with Gasteiger partial charge in [0.05, 0.1) is 5.75 Å². The normalized spacial score (nSPS) is 15.7. The molecule has 0 radical (unpaired) electrons. The van der Waals surface area contributed by atoms with E-state index in [0.29, 0.717) is 18.8 Å². The molecule has 1 aliphatic heterocycles. The lowest BCUT2D eigenvalue weighted by Crippen LogP contribution is -2.43. The van der Waals surface area contributed by atoms with E-state index >= 15 is 0 Å². The minimum absolute atomic E-state index is 0.0730. The summed E-state index contributed by atoms with van der Waals surface area (Å²) in [6, 6.07) is 8.22. The summed E-state index contributed by atoms with van der Waals surface area (Å²) in [4.78, 5) is 28.8. The third-order valence-electron chi connectivity index (χ3n) is 4.02. The van der Waals surface area contributed by atoms with Crippen molar-refractivity contribution in [1.82, 2.24) is 9.80 Å². The molecule has 1 fully saturated rings. The summed E-state index contributed by atoms with van der Waals surface area (Å²) < 4.78 is 0. The topological polar surface area (TPSA) is 40.6 Å². The number of rotatable bonds is 4. The number of amides is 2. The van der Waals surface area contributed by atoms with Crippen molar-refractivity contribution >= 4 is 23.6 Å². The predicted molar refractivity (Wildman–Crippen MR) is 89.9 cm³/mol. The first-order valence-corrected chi connectivity index (χ1v) is 8.64. The van der Waals surface area contributed by atoms with Gasteiger partial charge in [-0.3, -0.25) is 9.59 Å². The third kappa shape index (κ3) is 4.50. The lowest BCUT2D eigenvalue weighted by Gasteiger charge is -2.32. The molecule has 0 N–H and O–H groups in total. The summed E-state index contributed by atoms with van der Waals surface area (Å²) >= 11 is 1.58. The molecule has 1 saturated heterocycles. The summed E-state index contributed by atoms with van der Waals surface area (Å²) in [5.41, 5.74) is 1.23. The molecule has 0 aliphatic carbocycles. The molecule has 2 rings (SSSR count). The van der Waals surface area contributed by atoms with E-state index in [-0.39, 0.29) is 17.7 Å². The predicted octanol–water partition coefficient (Wildman–Crippen LogP) is 2.41. The molecule has 0 saturated carbocycles. The molecular formula is C17H24N2O2S. The van der Waals surface area contributed by atoms with Crippen LogP contribution in [0.2, 0.25) is 0 Å². The van der Waals surface area contributed by atoms with Gasteiger partial charge in [0.15, 0.2) is 0 Å². The van der Waals surface area contributed by atoms with Crippen molar-refractivity contribution in [2.45, 2.75) is 24.7 Å². The molecule has 1 aromatic rings. The van der Waals surface area contributed by atoms with Gasteiger partial charge < -0.3 is 9.80 Å². The van der Waals surface area contributed by atoms with E-state index in [4.69, 9.17) is 0 Å². The highest BCUT2D eigenvalue weighted by atomic mass is 32.2. The lowest BCUT2D eigenvalue weighted by molar-refractivity contribution is -0.138. The third-order valence-corrected chi connectivity index (χ3v) is 5.02. The maximum Gasteiger partial charge on any atom is 0.232 e.